The van der Waals surface area contributed by atoms with Crippen LogP contribution in [-0.2, 0) is 17.9 Å². The molecule has 0 spiro atoms. The first kappa shape index (κ1) is 17.0. The van der Waals surface area contributed by atoms with Crippen molar-refractivity contribution >= 4 is 5.91 Å². The molecule has 0 saturated carbocycles. The monoisotopic (exact) mass is 316 g/mol. The fourth-order valence-electron chi connectivity index (χ4n) is 1.91. The van der Waals surface area contributed by atoms with Crippen LogP contribution in [0, 0.1) is 5.82 Å². The number of hydrogen-bond acceptors (Lipinski definition) is 3. The highest BCUT2D eigenvalue weighted by Gasteiger charge is 2.23. The average molecular weight is 316 g/mol. The zero-order valence-corrected chi connectivity index (χ0v) is 13.3. The predicted molar refractivity (Wildman–Crippen MR) is 87.3 cm³/mol. The van der Waals surface area contributed by atoms with Crippen LogP contribution in [0.15, 0.2) is 48.5 Å². The Hall–Kier alpha value is -2.40. The van der Waals surface area contributed by atoms with E-state index in [9.17, 15) is 9.18 Å². The van der Waals surface area contributed by atoms with E-state index in [4.69, 9.17) is 10.5 Å². The first-order valence-electron chi connectivity index (χ1n) is 7.38. The number of nitrogens with two attached hydrogens (primary N) is 1. The lowest BCUT2D eigenvalue weighted by Gasteiger charge is -2.22. The van der Waals surface area contributed by atoms with Crippen molar-refractivity contribution in [1.29, 1.82) is 0 Å². The zero-order chi connectivity index (χ0) is 16.9. The van der Waals surface area contributed by atoms with Crippen molar-refractivity contribution in [2.24, 2.45) is 5.73 Å². The Kier molecular flexibility index (Phi) is 5.34. The lowest BCUT2D eigenvalue weighted by molar-refractivity contribution is -0.123. The summed E-state index contributed by atoms with van der Waals surface area (Å²) in [6, 6.07) is 13.8. The van der Waals surface area contributed by atoms with Crippen molar-refractivity contribution in [3.8, 4) is 5.75 Å². The molecule has 0 fully saturated rings. The predicted octanol–water partition coefficient (Wildman–Crippen LogP) is 2.76. The third kappa shape index (κ3) is 5.07. The molecule has 2 rings (SSSR count). The van der Waals surface area contributed by atoms with Gasteiger partial charge < -0.3 is 10.5 Å². The molecule has 0 aliphatic heterocycles. The summed E-state index contributed by atoms with van der Waals surface area (Å²) in [6.45, 7) is 4.32. The first-order chi connectivity index (χ1) is 10.9. The highest BCUT2D eigenvalue weighted by Crippen LogP contribution is 2.15. The number of benzene rings is 2. The number of nitrogens with one attached hydrogen (secondary N) is 1. The van der Waals surface area contributed by atoms with Gasteiger partial charge in [-0.15, -0.1) is 0 Å². The number of carbonyl (C=O) groups excluding carboxylic acids is 1. The summed E-state index contributed by atoms with van der Waals surface area (Å²) >= 11 is 0. The largest absolute Gasteiger partial charge is 0.489 e. The molecule has 122 valence electrons. The molecule has 23 heavy (non-hydrogen) atoms. The number of ether oxygens (including phenoxy) is 1. The average Bonchev–Trinajstić information content (AvgIpc) is 2.52. The quantitative estimate of drug-likeness (QED) is 0.825. The van der Waals surface area contributed by atoms with Crippen molar-refractivity contribution in [3.05, 3.63) is 65.5 Å². The number of primary amides is 1. The topological polar surface area (TPSA) is 64.3 Å². The van der Waals surface area contributed by atoms with Gasteiger partial charge in [-0.3, -0.25) is 10.1 Å². The molecule has 0 aromatic heterocycles. The maximum absolute atomic E-state index is 13.1. The second-order valence-electron chi connectivity index (χ2n) is 5.91. The number of amides is 1. The molecular weight excluding hydrogens is 295 g/mol. The molecule has 0 unspecified atom stereocenters. The normalized spacial score (nSPS) is 11.3. The second kappa shape index (κ2) is 7.24. The van der Waals surface area contributed by atoms with E-state index in [1.807, 2.05) is 30.3 Å². The van der Waals surface area contributed by atoms with E-state index >= 15 is 0 Å². The van der Waals surface area contributed by atoms with Gasteiger partial charge in [-0.1, -0.05) is 24.3 Å². The Bertz CT molecular complexity index is 669. The van der Waals surface area contributed by atoms with Crippen molar-refractivity contribution < 1.29 is 13.9 Å². The van der Waals surface area contributed by atoms with E-state index in [2.05, 4.69) is 5.32 Å². The minimum Gasteiger partial charge on any atom is -0.489 e. The van der Waals surface area contributed by atoms with Gasteiger partial charge in [0.15, 0.2) is 0 Å². The molecule has 1 amide bonds. The molecule has 3 N–H and O–H groups in total. The Balaban J connectivity index is 1.88. The number of rotatable bonds is 7. The third-order valence-electron chi connectivity index (χ3n) is 3.57. The summed E-state index contributed by atoms with van der Waals surface area (Å²) < 4.78 is 18.7. The van der Waals surface area contributed by atoms with Gasteiger partial charge in [0.05, 0.1) is 5.54 Å². The standard InChI is InChI=1S/C18H21FN2O2/c1-18(2,17(20)22)21-11-13-6-8-16(9-7-13)23-12-14-4-3-5-15(19)10-14/h3-10,21H,11-12H2,1-2H3,(H2,20,22). The maximum Gasteiger partial charge on any atom is 0.237 e. The summed E-state index contributed by atoms with van der Waals surface area (Å²) in [6.07, 6.45) is 0. The lowest BCUT2D eigenvalue weighted by atomic mass is 10.0. The van der Waals surface area contributed by atoms with Crippen molar-refractivity contribution in [2.75, 3.05) is 0 Å². The lowest BCUT2D eigenvalue weighted by Crippen LogP contribution is -2.50. The number of halogens is 1. The Labute approximate surface area is 135 Å². The van der Waals surface area contributed by atoms with Gasteiger partial charge in [-0.25, -0.2) is 4.39 Å². The molecule has 4 nitrogen and oxygen atoms in total. The van der Waals surface area contributed by atoms with Crippen LogP contribution >= 0.6 is 0 Å². The van der Waals surface area contributed by atoms with Crippen LogP contribution in [0.2, 0.25) is 0 Å². The van der Waals surface area contributed by atoms with E-state index in [1.54, 1.807) is 19.9 Å². The van der Waals surface area contributed by atoms with Crippen LogP contribution in [0.5, 0.6) is 5.75 Å². The summed E-state index contributed by atoms with van der Waals surface area (Å²) in [5.74, 6) is 0.0318. The SMILES string of the molecule is CC(C)(NCc1ccc(OCc2cccc(F)c2)cc1)C(N)=O. The van der Waals surface area contributed by atoms with Gasteiger partial charge in [0.1, 0.15) is 18.2 Å². The molecule has 2 aromatic carbocycles. The van der Waals surface area contributed by atoms with Gasteiger partial charge in [-0.2, -0.15) is 0 Å². The van der Waals surface area contributed by atoms with Crippen molar-refractivity contribution in [2.45, 2.75) is 32.5 Å². The van der Waals surface area contributed by atoms with E-state index in [0.29, 0.717) is 18.9 Å². The molecule has 0 saturated heterocycles. The Morgan fingerprint density at radius 2 is 1.87 bits per heavy atom. The van der Waals surface area contributed by atoms with Crippen LogP contribution in [0.1, 0.15) is 25.0 Å². The van der Waals surface area contributed by atoms with Crippen LogP contribution in [-0.4, -0.2) is 11.4 Å². The molecule has 0 radical (unpaired) electrons. The fourth-order valence-corrected chi connectivity index (χ4v) is 1.91. The number of hydrogen-bond donors (Lipinski definition) is 2. The van der Waals surface area contributed by atoms with Crippen LogP contribution in [0.4, 0.5) is 4.39 Å². The molecule has 0 atom stereocenters. The molecule has 2 aromatic rings. The minimum absolute atomic E-state index is 0.274. The van der Waals surface area contributed by atoms with E-state index < -0.39 is 11.4 Å². The van der Waals surface area contributed by atoms with Crippen LogP contribution < -0.4 is 15.8 Å². The molecule has 0 aliphatic rings. The van der Waals surface area contributed by atoms with Gasteiger partial charge in [-0.05, 0) is 49.2 Å². The fraction of sp³-hybridized carbons (Fsp3) is 0.278. The van der Waals surface area contributed by atoms with Crippen LogP contribution in [0.3, 0.4) is 0 Å². The highest BCUT2D eigenvalue weighted by atomic mass is 19.1. The van der Waals surface area contributed by atoms with E-state index in [1.165, 1.54) is 12.1 Å². The van der Waals surface area contributed by atoms with E-state index in [-0.39, 0.29) is 5.82 Å². The minimum atomic E-state index is -0.757. The molecule has 0 aliphatic carbocycles. The highest BCUT2D eigenvalue weighted by molar-refractivity contribution is 5.83. The zero-order valence-electron chi connectivity index (χ0n) is 13.3. The first-order valence-corrected chi connectivity index (χ1v) is 7.38. The van der Waals surface area contributed by atoms with Crippen molar-refractivity contribution in [1.82, 2.24) is 5.32 Å². The molecule has 5 heteroatoms. The van der Waals surface area contributed by atoms with Crippen molar-refractivity contribution in [3.63, 3.8) is 0 Å². The summed E-state index contributed by atoms with van der Waals surface area (Å²) in [4.78, 5) is 11.3. The summed E-state index contributed by atoms with van der Waals surface area (Å²) in [5.41, 5.74) is 6.35. The third-order valence-corrected chi connectivity index (χ3v) is 3.57. The summed E-state index contributed by atoms with van der Waals surface area (Å²) in [7, 11) is 0. The smallest absolute Gasteiger partial charge is 0.237 e. The van der Waals surface area contributed by atoms with Crippen LogP contribution in [0.25, 0.3) is 0 Å². The van der Waals surface area contributed by atoms with Gasteiger partial charge in [0, 0.05) is 6.54 Å². The molecule has 0 bridgehead atoms. The van der Waals surface area contributed by atoms with Gasteiger partial charge in [0.25, 0.3) is 0 Å². The Morgan fingerprint density at radius 1 is 1.17 bits per heavy atom. The van der Waals surface area contributed by atoms with E-state index in [0.717, 1.165) is 11.1 Å². The number of carbonyl (C=O) groups is 1. The maximum atomic E-state index is 13.1. The molecule has 0 heterocycles. The Morgan fingerprint density at radius 3 is 2.48 bits per heavy atom. The van der Waals surface area contributed by atoms with Gasteiger partial charge >= 0.3 is 0 Å². The van der Waals surface area contributed by atoms with Gasteiger partial charge in [0.2, 0.25) is 5.91 Å². The second-order valence-corrected chi connectivity index (χ2v) is 5.91. The summed E-state index contributed by atoms with van der Waals surface area (Å²) in [5, 5.41) is 3.10. The molecular formula is C18H21FN2O2.